The Labute approximate surface area is 157 Å². The molecule has 0 bridgehead atoms. The molecule has 0 atom stereocenters. The summed E-state index contributed by atoms with van der Waals surface area (Å²) in [4.78, 5) is 16.9. The number of carbonyl (C=O) groups is 1. The van der Waals surface area contributed by atoms with Crippen molar-refractivity contribution in [2.45, 2.75) is 0 Å². The number of hydrogen-bond acceptors (Lipinski definition) is 4. The molecule has 1 amide bonds. The summed E-state index contributed by atoms with van der Waals surface area (Å²) in [5, 5.41) is 3.76. The molecule has 0 saturated carbocycles. The first-order chi connectivity index (χ1) is 11.9. The predicted octanol–water partition coefficient (Wildman–Crippen LogP) is 3.58. The van der Waals surface area contributed by atoms with Crippen LogP contribution in [0, 0.1) is 0 Å². The fourth-order valence-electron chi connectivity index (χ4n) is 2.82. The zero-order valence-electron chi connectivity index (χ0n) is 13.9. The van der Waals surface area contributed by atoms with Crippen molar-refractivity contribution >= 4 is 46.2 Å². The van der Waals surface area contributed by atoms with Crippen LogP contribution >= 0.6 is 23.2 Å². The van der Waals surface area contributed by atoms with Crippen molar-refractivity contribution < 1.29 is 4.79 Å². The highest BCUT2D eigenvalue weighted by Gasteiger charge is 2.19. The number of anilines is 3. The van der Waals surface area contributed by atoms with Gasteiger partial charge in [-0.15, -0.1) is 0 Å². The van der Waals surface area contributed by atoms with Crippen molar-refractivity contribution in [1.82, 2.24) is 4.90 Å². The molecule has 0 unspecified atom stereocenters. The Morgan fingerprint density at radius 1 is 1.12 bits per heavy atom. The quantitative estimate of drug-likeness (QED) is 0.801. The van der Waals surface area contributed by atoms with Gasteiger partial charge in [0.25, 0.3) is 5.91 Å². The summed E-state index contributed by atoms with van der Waals surface area (Å²) in [6.45, 7) is 3.69. The van der Waals surface area contributed by atoms with Gasteiger partial charge in [0.15, 0.2) is 0 Å². The van der Waals surface area contributed by atoms with Crippen LogP contribution in [0.15, 0.2) is 36.4 Å². The molecule has 0 spiro atoms. The summed E-state index contributed by atoms with van der Waals surface area (Å²) in [5.74, 6) is -0.265. The van der Waals surface area contributed by atoms with Gasteiger partial charge in [-0.1, -0.05) is 29.3 Å². The first-order valence-corrected chi connectivity index (χ1v) is 8.79. The molecule has 0 radical (unpaired) electrons. The number of benzene rings is 2. The summed E-state index contributed by atoms with van der Waals surface area (Å²) >= 11 is 12.2. The van der Waals surface area contributed by atoms with Crippen LogP contribution in [0.2, 0.25) is 10.0 Å². The third-order valence-electron chi connectivity index (χ3n) is 4.30. The molecule has 1 fully saturated rings. The summed E-state index contributed by atoms with van der Waals surface area (Å²) in [6, 6.07) is 10.3. The molecule has 1 heterocycles. The van der Waals surface area contributed by atoms with E-state index in [1.807, 2.05) is 6.07 Å². The summed E-state index contributed by atoms with van der Waals surface area (Å²) in [6.07, 6.45) is 0. The van der Waals surface area contributed by atoms with E-state index in [9.17, 15) is 4.79 Å². The maximum Gasteiger partial charge on any atom is 0.255 e. The van der Waals surface area contributed by atoms with Gasteiger partial charge in [0, 0.05) is 36.8 Å². The third-order valence-corrected chi connectivity index (χ3v) is 4.84. The summed E-state index contributed by atoms with van der Waals surface area (Å²) < 4.78 is 0. The smallest absolute Gasteiger partial charge is 0.255 e. The second kappa shape index (κ2) is 7.52. The molecule has 25 heavy (non-hydrogen) atoms. The molecular formula is C18H20Cl2N4O. The lowest BCUT2D eigenvalue weighted by atomic mass is 10.1. The molecule has 2 aromatic rings. The van der Waals surface area contributed by atoms with Crippen LogP contribution in [0.25, 0.3) is 0 Å². The van der Waals surface area contributed by atoms with Crippen molar-refractivity contribution in [2.75, 3.05) is 49.2 Å². The largest absolute Gasteiger partial charge is 0.397 e. The number of hydrogen-bond donors (Lipinski definition) is 2. The predicted molar refractivity (Wildman–Crippen MR) is 105 cm³/mol. The lowest BCUT2D eigenvalue weighted by Gasteiger charge is -2.35. The van der Waals surface area contributed by atoms with E-state index in [-0.39, 0.29) is 5.91 Å². The molecule has 2 aromatic carbocycles. The van der Waals surface area contributed by atoms with Gasteiger partial charge in [-0.2, -0.15) is 0 Å². The van der Waals surface area contributed by atoms with E-state index >= 15 is 0 Å². The maximum atomic E-state index is 12.5. The topological polar surface area (TPSA) is 61.6 Å². The first kappa shape index (κ1) is 17.9. The van der Waals surface area contributed by atoms with Crippen LogP contribution in [-0.2, 0) is 0 Å². The van der Waals surface area contributed by atoms with E-state index in [0.717, 1.165) is 31.9 Å². The number of amides is 1. The van der Waals surface area contributed by atoms with Gasteiger partial charge in [-0.25, -0.2) is 0 Å². The second-order valence-electron chi connectivity index (χ2n) is 6.15. The molecule has 3 N–H and O–H groups in total. The van der Waals surface area contributed by atoms with Crippen LogP contribution in [0.1, 0.15) is 10.4 Å². The molecule has 5 nitrogen and oxygen atoms in total. The van der Waals surface area contributed by atoms with Crippen molar-refractivity contribution in [3.05, 3.63) is 52.0 Å². The lowest BCUT2D eigenvalue weighted by Crippen LogP contribution is -2.44. The fourth-order valence-corrected chi connectivity index (χ4v) is 3.23. The number of nitrogens with one attached hydrogen (secondary N) is 1. The van der Waals surface area contributed by atoms with Crippen LogP contribution in [0.4, 0.5) is 17.1 Å². The minimum absolute atomic E-state index is 0.265. The molecule has 1 aliphatic rings. The lowest BCUT2D eigenvalue weighted by molar-refractivity contribution is 0.102. The zero-order chi connectivity index (χ0) is 18.0. The van der Waals surface area contributed by atoms with Crippen LogP contribution in [-0.4, -0.2) is 44.0 Å². The second-order valence-corrected chi connectivity index (χ2v) is 6.99. The monoisotopic (exact) mass is 378 g/mol. The van der Waals surface area contributed by atoms with Crippen molar-refractivity contribution in [3.63, 3.8) is 0 Å². The molecule has 1 saturated heterocycles. The molecule has 132 valence electrons. The Hall–Kier alpha value is -1.95. The van der Waals surface area contributed by atoms with Crippen LogP contribution < -0.4 is 16.0 Å². The molecule has 7 heteroatoms. The van der Waals surface area contributed by atoms with Crippen molar-refractivity contribution in [2.24, 2.45) is 0 Å². The third kappa shape index (κ3) is 4.18. The molecule has 0 aliphatic carbocycles. The highest BCUT2D eigenvalue weighted by molar-refractivity contribution is 6.34. The minimum Gasteiger partial charge on any atom is -0.397 e. The summed E-state index contributed by atoms with van der Waals surface area (Å²) in [7, 11) is 2.10. The number of likely N-dealkylation sites (N-methyl/N-ethyl adjacent to an activating group) is 1. The van der Waals surface area contributed by atoms with Crippen LogP contribution in [0.3, 0.4) is 0 Å². The average Bonchev–Trinajstić information content (AvgIpc) is 2.58. The van der Waals surface area contributed by atoms with E-state index in [1.165, 1.54) is 0 Å². The molecule has 3 rings (SSSR count). The van der Waals surface area contributed by atoms with Crippen molar-refractivity contribution in [1.29, 1.82) is 0 Å². The van der Waals surface area contributed by atoms with Gasteiger partial charge in [0.2, 0.25) is 0 Å². The van der Waals surface area contributed by atoms with E-state index in [0.29, 0.717) is 27.0 Å². The number of halogens is 2. The van der Waals surface area contributed by atoms with E-state index in [2.05, 4.69) is 22.2 Å². The molecular weight excluding hydrogens is 359 g/mol. The number of carbonyl (C=O) groups excluding carboxylic acids is 1. The SMILES string of the molecule is CN1CCN(c2cc(NC(=O)c3cccc(Cl)c3)c(Cl)cc2N)CC1. The fraction of sp³-hybridized carbons (Fsp3) is 0.278. The molecule has 1 aliphatic heterocycles. The standard InChI is InChI=1S/C18H20Cl2N4O/c1-23-5-7-24(8-6-23)17-11-16(14(20)10-15(17)21)22-18(25)12-3-2-4-13(19)9-12/h2-4,9-11H,5-8,21H2,1H3,(H,22,25). The Kier molecular flexibility index (Phi) is 5.37. The van der Waals surface area contributed by atoms with Gasteiger partial charge >= 0.3 is 0 Å². The Balaban J connectivity index is 1.84. The van der Waals surface area contributed by atoms with E-state index in [1.54, 1.807) is 30.3 Å². The number of rotatable bonds is 3. The van der Waals surface area contributed by atoms with Gasteiger partial charge < -0.3 is 20.9 Å². The normalized spacial score (nSPS) is 15.2. The van der Waals surface area contributed by atoms with E-state index in [4.69, 9.17) is 28.9 Å². The average molecular weight is 379 g/mol. The van der Waals surface area contributed by atoms with Crippen LogP contribution in [0.5, 0.6) is 0 Å². The highest BCUT2D eigenvalue weighted by Crippen LogP contribution is 2.34. The Bertz CT molecular complexity index is 789. The number of nitrogen functional groups attached to an aromatic ring is 1. The van der Waals surface area contributed by atoms with Gasteiger partial charge in [-0.05, 0) is 37.4 Å². The highest BCUT2D eigenvalue weighted by atomic mass is 35.5. The molecule has 0 aromatic heterocycles. The number of nitrogens with two attached hydrogens (primary N) is 1. The first-order valence-electron chi connectivity index (χ1n) is 8.03. The van der Waals surface area contributed by atoms with Gasteiger partial charge in [0.1, 0.15) is 0 Å². The van der Waals surface area contributed by atoms with Gasteiger partial charge in [0.05, 0.1) is 22.1 Å². The number of nitrogens with zero attached hydrogens (tertiary/aromatic N) is 2. The Morgan fingerprint density at radius 3 is 2.52 bits per heavy atom. The van der Waals surface area contributed by atoms with E-state index < -0.39 is 0 Å². The Morgan fingerprint density at radius 2 is 1.84 bits per heavy atom. The summed E-state index contributed by atoms with van der Waals surface area (Å²) in [5.41, 5.74) is 8.65. The maximum absolute atomic E-state index is 12.5. The minimum atomic E-state index is -0.265. The van der Waals surface area contributed by atoms with Crippen molar-refractivity contribution in [3.8, 4) is 0 Å². The zero-order valence-corrected chi connectivity index (χ0v) is 15.4. The van der Waals surface area contributed by atoms with Gasteiger partial charge in [-0.3, -0.25) is 4.79 Å². The number of piperazine rings is 1.